The molecule has 2 rings (SSSR count). The minimum atomic E-state index is -0.501. The first-order chi connectivity index (χ1) is 12.4. The molecule has 0 saturated carbocycles. The van der Waals surface area contributed by atoms with Crippen LogP contribution in [0, 0.1) is 32.1 Å². The molecule has 0 atom stereocenters. The van der Waals surface area contributed by atoms with Crippen molar-refractivity contribution in [3.05, 3.63) is 45.3 Å². The van der Waals surface area contributed by atoms with Gasteiger partial charge in [-0.15, -0.1) is 11.3 Å². The summed E-state index contributed by atoms with van der Waals surface area (Å²) in [6, 6.07) is 7.75. The van der Waals surface area contributed by atoms with Gasteiger partial charge in [-0.25, -0.2) is 4.79 Å². The van der Waals surface area contributed by atoms with Crippen molar-refractivity contribution in [3.8, 4) is 11.8 Å². The molecule has 0 saturated heterocycles. The summed E-state index contributed by atoms with van der Waals surface area (Å²) in [4.78, 5) is 24.5. The van der Waals surface area contributed by atoms with E-state index in [9.17, 15) is 14.9 Å². The Morgan fingerprint density at radius 3 is 2.46 bits per heavy atom. The van der Waals surface area contributed by atoms with Crippen molar-refractivity contribution in [3.63, 3.8) is 0 Å². The van der Waals surface area contributed by atoms with Crippen molar-refractivity contribution < 1.29 is 19.1 Å². The summed E-state index contributed by atoms with van der Waals surface area (Å²) in [7, 11) is 0. The number of ether oxygens (including phenoxy) is 2. The summed E-state index contributed by atoms with van der Waals surface area (Å²) >= 11 is 1.03. The predicted molar refractivity (Wildman–Crippen MR) is 99.8 cm³/mol. The second-order valence-electron chi connectivity index (χ2n) is 5.65. The maximum Gasteiger partial charge on any atom is 0.348 e. The third-order valence-corrected chi connectivity index (χ3v) is 4.92. The molecule has 0 radical (unpaired) electrons. The highest BCUT2D eigenvalue weighted by molar-refractivity contribution is 7.18. The van der Waals surface area contributed by atoms with Crippen LogP contribution in [0.3, 0.4) is 0 Å². The summed E-state index contributed by atoms with van der Waals surface area (Å²) < 4.78 is 10.6. The minimum Gasteiger partial charge on any atom is -0.483 e. The molecule has 0 unspecified atom stereocenters. The van der Waals surface area contributed by atoms with Crippen LogP contribution >= 0.6 is 11.3 Å². The van der Waals surface area contributed by atoms with Gasteiger partial charge in [0.25, 0.3) is 5.91 Å². The van der Waals surface area contributed by atoms with Crippen molar-refractivity contribution in [2.24, 2.45) is 0 Å². The number of hydrogen-bond acceptors (Lipinski definition) is 6. The summed E-state index contributed by atoms with van der Waals surface area (Å²) in [5.41, 5.74) is 2.64. The van der Waals surface area contributed by atoms with Gasteiger partial charge in [-0.3, -0.25) is 4.79 Å². The molecule has 0 bridgehead atoms. The average molecular weight is 372 g/mol. The number of aryl methyl sites for hydroxylation is 2. The molecule has 1 amide bonds. The number of para-hydroxylation sites is 1. The number of carbonyl (C=O) groups excluding carboxylic acids is 2. The molecule has 7 heteroatoms. The van der Waals surface area contributed by atoms with Crippen molar-refractivity contribution in [2.45, 2.75) is 27.7 Å². The Bertz CT molecular complexity index is 860. The number of nitrogens with zero attached hydrogens (tertiary/aromatic N) is 1. The van der Waals surface area contributed by atoms with E-state index in [4.69, 9.17) is 9.47 Å². The number of amides is 1. The third kappa shape index (κ3) is 4.21. The summed E-state index contributed by atoms with van der Waals surface area (Å²) in [6.07, 6.45) is 0. The second kappa shape index (κ2) is 8.50. The SMILES string of the molecule is CCOC(=O)c1sc(NC(=O)COc2c(C)cccc2C)c(C#N)c1C. The molecule has 2 aromatic rings. The maximum atomic E-state index is 12.2. The van der Waals surface area contributed by atoms with E-state index in [1.54, 1.807) is 13.8 Å². The molecule has 0 aliphatic heterocycles. The number of nitriles is 1. The summed E-state index contributed by atoms with van der Waals surface area (Å²) in [5, 5.41) is 12.3. The van der Waals surface area contributed by atoms with Crippen molar-refractivity contribution in [2.75, 3.05) is 18.5 Å². The Balaban J connectivity index is 2.13. The van der Waals surface area contributed by atoms with Crippen LogP contribution in [-0.2, 0) is 9.53 Å². The van der Waals surface area contributed by atoms with Gasteiger partial charge in [0.1, 0.15) is 21.7 Å². The predicted octanol–water partition coefficient (Wildman–Crippen LogP) is 3.74. The smallest absolute Gasteiger partial charge is 0.348 e. The molecule has 0 aliphatic rings. The van der Waals surface area contributed by atoms with Crippen LogP contribution in [0.2, 0.25) is 0 Å². The van der Waals surface area contributed by atoms with Crippen molar-refractivity contribution in [1.82, 2.24) is 0 Å². The lowest BCUT2D eigenvalue weighted by atomic mass is 10.1. The fourth-order valence-electron chi connectivity index (χ4n) is 2.45. The molecule has 136 valence electrons. The number of carbonyl (C=O) groups is 2. The molecule has 1 aromatic heterocycles. The van der Waals surface area contributed by atoms with E-state index in [-0.39, 0.29) is 18.8 Å². The standard InChI is InChI=1S/C19H20N2O4S/c1-5-24-19(23)17-13(4)14(9-20)18(26-17)21-15(22)10-25-16-11(2)7-6-8-12(16)3/h6-8H,5,10H2,1-4H3,(H,21,22). The first-order valence-corrected chi connectivity index (χ1v) is 8.90. The molecule has 6 nitrogen and oxygen atoms in total. The van der Waals surface area contributed by atoms with Gasteiger partial charge in [-0.05, 0) is 44.4 Å². The molecule has 0 aliphatic carbocycles. The normalized spacial score (nSPS) is 10.1. The summed E-state index contributed by atoms with van der Waals surface area (Å²) in [5.74, 6) is -0.239. The largest absolute Gasteiger partial charge is 0.483 e. The van der Waals surface area contributed by atoms with Crippen LogP contribution < -0.4 is 10.1 Å². The zero-order chi connectivity index (χ0) is 19.3. The lowest BCUT2D eigenvalue weighted by molar-refractivity contribution is -0.118. The molecular formula is C19H20N2O4S. The van der Waals surface area contributed by atoms with E-state index in [0.29, 0.717) is 21.2 Å². The van der Waals surface area contributed by atoms with Crippen LogP contribution in [0.4, 0.5) is 5.00 Å². The number of nitrogens with one attached hydrogen (secondary N) is 1. The molecule has 26 heavy (non-hydrogen) atoms. The lowest BCUT2D eigenvalue weighted by Crippen LogP contribution is -2.20. The van der Waals surface area contributed by atoms with Gasteiger partial charge in [-0.2, -0.15) is 5.26 Å². The Morgan fingerprint density at radius 2 is 1.88 bits per heavy atom. The Hall–Kier alpha value is -2.85. The van der Waals surface area contributed by atoms with E-state index in [2.05, 4.69) is 5.32 Å². The molecule has 1 heterocycles. The molecule has 0 spiro atoms. The van der Waals surface area contributed by atoms with Crippen LogP contribution in [0.1, 0.15) is 38.8 Å². The first-order valence-electron chi connectivity index (χ1n) is 8.08. The van der Waals surface area contributed by atoms with E-state index in [0.717, 1.165) is 22.5 Å². The molecule has 1 N–H and O–H groups in total. The molecule has 1 aromatic carbocycles. The Labute approximate surface area is 156 Å². The Kier molecular flexibility index (Phi) is 6.36. The zero-order valence-electron chi connectivity index (χ0n) is 15.1. The number of benzene rings is 1. The fourth-order valence-corrected chi connectivity index (χ4v) is 3.52. The lowest BCUT2D eigenvalue weighted by Gasteiger charge is -2.11. The van der Waals surface area contributed by atoms with Crippen LogP contribution in [0.25, 0.3) is 0 Å². The van der Waals surface area contributed by atoms with Gasteiger partial charge in [0.2, 0.25) is 0 Å². The van der Waals surface area contributed by atoms with E-state index < -0.39 is 11.9 Å². The highest BCUT2D eigenvalue weighted by Gasteiger charge is 2.22. The van der Waals surface area contributed by atoms with Crippen LogP contribution in [0.5, 0.6) is 5.75 Å². The van der Waals surface area contributed by atoms with E-state index >= 15 is 0 Å². The Morgan fingerprint density at radius 1 is 1.23 bits per heavy atom. The first kappa shape index (κ1) is 19.5. The number of rotatable bonds is 6. The van der Waals surface area contributed by atoms with Gasteiger partial charge in [0.15, 0.2) is 6.61 Å². The minimum absolute atomic E-state index is 0.192. The highest BCUT2D eigenvalue weighted by Crippen LogP contribution is 2.33. The number of hydrogen-bond donors (Lipinski definition) is 1. The van der Waals surface area contributed by atoms with E-state index in [1.807, 2.05) is 38.1 Å². The second-order valence-corrected chi connectivity index (χ2v) is 6.67. The van der Waals surface area contributed by atoms with Gasteiger partial charge in [0.05, 0.1) is 12.2 Å². The topological polar surface area (TPSA) is 88.4 Å². The van der Waals surface area contributed by atoms with Gasteiger partial charge < -0.3 is 14.8 Å². The molecular weight excluding hydrogens is 352 g/mol. The zero-order valence-corrected chi connectivity index (χ0v) is 16.0. The van der Waals surface area contributed by atoms with Crippen molar-refractivity contribution in [1.29, 1.82) is 5.26 Å². The molecule has 0 fully saturated rings. The third-order valence-electron chi connectivity index (χ3n) is 3.73. The number of esters is 1. The van der Waals surface area contributed by atoms with Crippen LogP contribution in [0.15, 0.2) is 18.2 Å². The van der Waals surface area contributed by atoms with Gasteiger partial charge >= 0.3 is 5.97 Å². The van der Waals surface area contributed by atoms with Crippen LogP contribution in [-0.4, -0.2) is 25.1 Å². The van der Waals surface area contributed by atoms with Gasteiger partial charge in [-0.1, -0.05) is 18.2 Å². The number of thiophene rings is 1. The number of anilines is 1. The monoisotopic (exact) mass is 372 g/mol. The maximum absolute atomic E-state index is 12.2. The highest BCUT2D eigenvalue weighted by atomic mass is 32.1. The quantitative estimate of drug-likeness (QED) is 0.780. The van der Waals surface area contributed by atoms with E-state index in [1.165, 1.54) is 0 Å². The fraction of sp³-hybridized carbons (Fsp3) is 0.316. The van der Waals surface area contributed by atoms with Gasteiger partial charge in [0, 0.05) is 0 Å². The average Bonchev–Trinajstić information content (AvgIpc) is 2.90. The summed E-state index contributed by atoms with van der Waals surface area (Å²) in [6.45, 7) is 7.22. The van der Waals surface area contributed by atoms with Crippen molar-refractivity contribution >= 4 is 28.2 Å².